The molecule has 0 aliphatic heterocycles. The van der Waals surface area contributed by atoms with Crippen molar-refractivity contribution in [2.45, 2.75) is 13.8 Å². The Bertz CT molecular complexity index is 6730. The number of benzene rings is 11. The molecular weight excluding hydrogens is 1540 g/mol. The molecule has 0 aliphatic carbocycles. The summed E-state index contributed by atoms with van der Waals surface area (Å²) in [4.78, 5) is 70.8. The number of hydrogen-bond acceptors (Lipinski definition) is 29. The number of nitrogens with one attached hydrogen (secondary N) is 4. The average Bonchev–Trinajstić information content (AvgIpc) is 0.899. The monoisotopic (exact) mass is 1600 g/mol. The summed E-state index contributed by atoms with van der Waals surface area (Å²) in [5, 5.41) is 116. The normalized spacial score (nSPS) is 11.1. The van der Waals surface area contributed by atoms with E-state index in [9.17, 15) is 44.4 Å². The number of phenolic OH excluding ortho intramolecular Hbond substituents is 4. The maximum atomic E-state index is 13.0. The number of aromatic nitrogens is 8. The fourth-order valence-electron chi connectivity index (χ4n) is 11.7. The van der Waals surface area contributed by atoms with Crippen molar-refractivity contribution in [1.82, 2.24) is 40.7 Å². The Morgan fingerprint density at radius 3 is 1.39 bits per heavy atom. The number of amides is 5. The van der Waals surface area contributed by atoms with E-state index in [1.807, 2.05) is 110 Å². The second-order valence-corrected chi connectivity index (χ2v) is 26.4. The average molecular weight is 1600 g/mol. The van der Waals surface area contributed by atoms with Crippen molar-refractivity contribution in [2.24, 2.45) is 46.6 Å². The number of aromatic hydroxyl groups is 4. The van der Waals surface area contributed by atoms with E-state index in [-0.39, 0.29) is 91.1 Å². The van der Waals surface area contributed by atoms with Crippen LogP contribution in [0.4, 0.5) is 68.3 Å². The van der Waals surface area contributed by atoms with Crippen molar-refractivity contribution >= 4 is 152 Å². The Hall–Kier alpha value is -17.2. The minimum atomic E-state index is -0.684. The maximum absolute atomic E-state index is 13.0. The fourth-order valence-corrected chi connectivity index (χ4v) is 12.2. The molecule has 0 saturated carbocycles. The first kappa shape index (κ1) is 78.5. The van der Waals surface area contributed by atoms with Crippen molar-refractivity contribution in [3.05, 3.63) is 312 Å². The second-order valence-electron chi connectivity index (χ2n) is 25.3. The first-order valence-corrected chi connectivity index (χ1v) is 36.5. The highest BCUT2D eigenvalue weighted by atomic mass is 32.1. The molecule has 10 N–H and O–H groups in total. The third-order valence-electron chi connectivity index (χ3n) is 17.3. The zero-order valence-electron chi connectivity index (χ0n) is 62.2. The van der Waals surface area contributed by atoms with Crippen LogP contribution in [0.5, 0.6) is 23.0 Å². The molecule has 17 aromatic rings. The second kappa shape index (κ2) is 36.5. The van der Waals surface area contributed by atoms with E-state index in [1.165, 1.54) is 35.9 Å². The summed E-state index contributed by atoms with van der Waals surface area (Å²) in [5.41, 5.74) is 8.88. The van der Waals surface area contributed by atoms with Crippen LogP contribution in [0, 0.1) is 13.8 Å². The van der Waals surface area contributed by atoms with Gasteiger partial charge in [-0.05, 0) is 120 Å². The summed E-state index contributed by atoms with van der Waals surface area (Å²) < 4.78 is 15.2. The van der Waals surface area contributed by atoms with Gasteiger partial charge in [-0.3, -0.25) is 29.0 Å². The molecule has 0 unspecified atom stereocenters. The number of nitrogens with two attached hydrogens (primary N) is 1. The van der Waals surface area contributed by atoms with Crippen molar-refractivity contribution in [3.8, 4) is 34.5 Å². The Morgan fingerprint density at radius 2 is 0.899 bits per heavy atom. The van der Waals surface area contributed by atoms with Crippen LogP contribution in [0.3, 0.4) is 0 Å². The molecule has 34 heteroatoms. The van der Waals surface area contributed by atoms with Gasteiger partial charge in [0, 0.05) is 63.1 Å². The van der Waals surface area contributed by atoms with Crippen molar-refractivity contribution in [1.29, 1.82) is 0 Å². The molecule has 17 rings (SSSR count). The van der Waals surface area contributed by atoms with Crippen LogP contribution in [0.25, 0.3) is 54.5 Å². The lowest BCUT2D eigenvalue weighted by Gasteiger charge is -2.12. The zero-order valence-corrected chi connectivity index (χ0v) is 63.0. The molecule has 0 saturated heterocycles. The molecule has 6 heterocycles. The number of phenols is 4. The van der Waals surface area contributed by atoms with Crippen LogP contribution in [0.15, 0.2) is 328 Å². The minimum Gasteiger partial charge on any atom is -0.505 e. The van der Waals surface area contributed by atoms with E-state index in [0.29, 0.717) is 72.0 Å². The van der Waals surface area contributed by atoms with Crippen molar-refractivity contribution < 1.29 is 57.9 Å². The number of anilines is 4. The third kappa shape index (κ3) is 19.0. The van der Waals surface area contributed by atoms with E-state index in [0.717, 1.165) is 21.3 Å². The quantitative estimate of drug-likeness (QED) is 0.0360. The zero-order chi connectivity index (χ0) is 82.7. The van der Waals surface area contributed by atoms with Gasteiger partial charge in [0.1, 0.15) is 45.0 Å². The third-order valence-corrected chi connectivity index (χ3v) is 18.0. The fraction of sp³-hybridized carbons (Fsp3) is 0.0235. The number of carbonyl (C=O) groups is 5. The van der Waals surface area contributed by atoms with Gasteiger partial charge in [-0.1, -0.05) is 184 Å². The number of pyridine rings is 2. The number of nitrogens with zero attached hydrogens (tertiary/aromatic N) is 16. The van der Waals surface area contributed by atoms with Crippen molar-refractivity contribution in [2.75, 3.05) is 21.3 Å². The van der Waals surface area contributed by atoms with E-state index >= 15 is 0 Å². The van der Waals surface area contributed by atoms with Gasteiger partial charge in [-0.25, -0.2) is 4.98 Å². The maximum Gasteiger partial charge on any atom is 0.361 e. The minimum absolute atomic E-state index is 0.0387. The number of azo groups is 4. The van der Waals surface area contributed by atoms with Gasteiger partial charge >= 0.3 is 6.01 Å². The highest BCUT2D eigenvalue weighted by molar-refractivity contribution is 7.14. The number of aryl methyl sites for hydroxylation is 2. The van der Waals surface area contributed by atoms with Crippen LogP contribution >= 0.6 is 11.3 Å². The molecule has 0 radical (unpaired) electrons. The van der Waals surface area contributed by atoms with E-state index < -0.39 is 29.5 Å². The van der Waals surface area contributed by atoms with Crippen LogP contribution in [-0.4, -0.2) is 90.6 Å². The molecule has 6 aromatic heterocycles. The molecule has 0 spiro atoms. The predicted molar refractivity (Wildman–Crippen MR) is 443 cm³/mol. The molecule has 0 aliphatic rings. The standard InChI is InChI=1S/C24H16N6O3.C22H17N5O4.C20H15N5O2S.C19H13N5O3/c31-21-19(22(32)26-17-10-12-25-13-11-17)14-16-8-4-5-9-18(16)20(21)27-29-24-30-28-23(33-24)15-6-2-1-3-7-15;1-12-10-18(27-31-12)25-26-19-14-7-3-2-6-13(14)11-16(20(19)28)22(30)24-17-9-5-4-8-15(17)21(23)29;1-12-22-24-20(28-12)25-23-17-15-10-6-5-7-13(15)11-16(18(17)26)19(27)21-14-8-3-2-4-9-14;25-18-15(19(26)22-16-7-3-4-8-20-16)9-12-5-1-2-6-14(12)17(18)24-23-13-10-21-27-11-13/h1-14,31H,(H,25,26,32);2-11,28H,1H3,(H2,23,29)(H,24,30);2-11,26H,1H3,(H,21,27);1-11,25H,(H,20,22,26). The van der Waals surface area contributed by atoms with Gasteiger partial charge in [-0.15, -0.1) is 51.1 Å². The van der Waals surface area contributed by atoms with E-state index in [4.69, 9.17) is 19.2 Å². The first-order chi connectivity index (χ1) is 58.0. The Labute approximate surface area is 675 Å². The SMILES string of the molecule is Cc1cc(N=Nc2c(O)c(C(=O)Nc3ccccc3C(N)=O)cc3ccccc23)no1.Cc1nnc(N=Nc2c(O)c(C(=O)Nc3ccccc3)cc3ccccc23)s1.O=C(Nc1ccccn1)c1cc2ccccc2c(N=Nc2cnoc2)c1O.O=C(Nc1ccncc1)c1cc2ccccc2c(N=Nc2nnc(-c3ccccc3)o2)c1O. The Balaban J connectivity index is 0.000000131. The summed E-state index contributed by atoms with van der Waals surface area (Å²) in [5.74, 6) is -2.48. The lowest BCUT2D eigenvalue weighted by molar-refractivity contribution is 0.0995. The summed E-state index contributed by atoms with van der Waals surface area (Å²) in [6.07, 6.45) is 7.39. The molecule has 0 atom stereocenters. The van der Waals surface area contributed by atoms with Gasteiger partial charge in [-0.2, -0.15) is 0 Å². The van der Waals surface area contributed by atoms with Crippen LogP contribution in [0.1, 0.15) is 62.6 Å². The predicted octanol–water partition coefficient (Wildman–Crippen LogP) is 20.2. The number of primary amides is 1. The molecule has 584 valence electrons. The van der Waals surface area contributed by atoms with Gasteiger partial charge < -0.3 is 60.9 Å². The molecular formula is C85H61N21O12S. The Morgan fingerprint density at radius 1 is 0.429 bits per heavy atom. The van der Waals surface area contributed by atoms with Crippen LogP contribution in [-0.2, 0) is 0 Å². The molecule has 33 nitrogen and oxygen atoms in total. The van der Waals surface area contributed by atoms with Crippen molar-refractivity contribution in [3.63, 3.8) is 0 Å². The summed E-state index contributed by atoms with van der Waals surface area (Å²) in [7, 11) is 0. The number of fused-ring (bicyclic) bond motifs is 4. The molecule has 119 heavy (non-hydrogen) atoms. The highest BCUT2D eigenvalue weighted by Crippen LogP contribution is 2.45. The topological polar surface area (TPSA) is 482 Å². The van der Waals surface area contributed by atoms with Crippen LogP contribution < -0.4 is 27.0 Å². The van der Waals surface area contributed by atoms with E-state index in [2.05, 4.69) is 103 Å². The van der Waals surface area contributed by atoms with Gasteiger partial charge in [0.25, 0.3) is 34.7 Å². The number of para-hydroxylation sites is 2. The lowest BCUT2D eigenvalue weighted by Crippen LogP contribution is -2.18. The Kier molecular flexibility index (Phi) is 24.1. The first-order valence-electron chi connectivity index (χ1n) is 35.6. The van der Waals surface area contributed by atoms with Gasteiger partial charge in [0.2, 0.25) is 11.7 Å². The van der Waals surface area contributed by atoms with Crippen LogP contribution in [0.2, 0.25) is 0 Å². The smallest absolute Gasteiger partial charge is 0.361 e. The highest BCUT2D eigenvalue weighted by Gasteiger charge is 2.25. The van der Waals surface area contributed by atoms with E-state index in [1.54, 1.807) is 153 Å². The molecule has 0 fully saturated rings. The number of rotatable bonds is 18. The molecule has 5 amide bonds. The molecule has 11 aromatic carbocycles. The lowest BCUT2D eigenvalue weighted by atomic mass is 10.0. The van der Waals surface area contributed by atoms with Gasteiger partial charge in [0.05, 0.1) is 39.7 Å². The summed E-state index contributed by atoms with van der Waals surface area (Å²) in [6.45, 7) is 3.53. The summed E-state index contributed by atoms with van der Waals surface area (Å²) in [6, 6.07) is 69.9. The molecule has 0 bridgehead atoms. The van der Waals surface area contributed by atoms with Gasteiger partial charge in [0.15, 0.2) is 29.3 Å². The summed E-state index contributed by atoms with van der Waals surface area (Å²) >= 11 is 1.29. The largest absolute Gasteiger partial charge is 0.505 e. The number of hydrogen-bond donors (Lipinski definition) is 9. The number of carbonyl (C=O) groups excluding carboxylic acids is 5.